The molecular formula is C33H52N6O7S. The van der Waals surface area contributed by atoms with E-state index in [9.17, 15) is 23.1 Å². The van der Waals surface area contributed by atoms with Crippen LogP contribution in [-0.2, 0) is 21.8 Å². The largest absolute Gasteiger partial charge is 0.490 e. The van der Waals surface area contributed by atoms with Crippen molar-refractivity contribution in [1.82, 2.24) is 24.1 Å². The van der Waals surface area contributed by atoms with Crippen LogP contribution in [0.25, 0.3) is 0 Å². The lowest BCUT2D eigenvalue weighted by Crippen LogP contribution is -2.48. The molecule has 47 heavy (non-hydrogen) atoms. The van der Waals surface area contributed by atoms with Crippen molar-refractivity contribution in [3.63, 3.8) is 0 Å². The number of nitrogens with zero attached hydrogens (tertiary/aromatic N) is 4. The average molecular weight is 677 g/mol. The Morgan fingerprint density at radius 1 is 1.15 bits per heavy atom. The number of benzene rings is 1. The van der Waals surface area contributed by atoms with E-state index in [0.717, 1.165) is 38.5 Å². The number of amides is 3. The maximum atomic E-state index is 14.3. The molecule has 3 amide bonds. The summed E-state index contributed by atoms with van der Waals surface area (Å²) in [6, 6.07) is 4.30. The molecule has 1 fully saturated rings. The minimum absolute atomic E-state index is 0.0515. The van der Waals surface area contributed by atoms with Crippen LogP contribution in [0.1, 0.15) is 82.5 Å². The predicted octanol–water partition coefficient (Wildman–Crippen LogP) is 3.99. The van der Waals surface area contributed by atoms with Gasteiger partial charge in [-0.2, -0.15) is 4.31 Å². The molecule has 4 rings (SSSR count). The molecule has 1 aromatic carbocycles. The van der Waals surface area contributed by atoms with Gasteiger partial charge in [-0.3, -0.25) is 4.79 Å². The lowest BCUT2D eigenvalue weighted by Gasteiger charge is -2.35. The summed E-state index contributed by atoms with van der Waals surface area (Å²) in [5, 5.41) is 16.1. The maximum Gasteiger partial charge on any atom is 0.319 e. The van der Waals surface area contributed by atoms with Gasteiger partial charge in [0, 0.05) is 57.6 Å². The highest BCUT2D eigenvalue weighted by molar-refractivity contribution is 7.89. The number of aromatic nitrogens is 2. The van der Waals surface area contributed by atoms with Crippen molar-refractivity contribution in [1.29, 1.82) is 0 Å². The number of imidazole rings is 1. The molecule has 13 nitrogen and oxygen atoms in total. The number of fused-ring (bicyclic) bond motifs is 1. The molecule has 2 heterocycles. The first-order valence-corrected chi connectivity index (χ1v) is 18.2. The van der Waals surface area contributed by atoms with Gasteiger partial charge in [-0.15, -0.1) is 0 Å². The number of aliphatic hydroxyl groups is 1. The third-order valence-electron chi connectivity index (χ3n) is 9.04. The Labute approximate surface area is 279 Å². The maximum absolute atomic E-state index is 14.3. The summed E-state index contributed by atoms with van der Waals surface area (Å²) in [5.74, 6) is -0.292. The van der Waals surface area contributed by atoms with E-state index in [0.29, 0.717) is 24.5 Å². The van der Waals surface area contributed by atoms with E-state index >= 15 is 0 Å². The highest BCUT2D eigenvalue weighted by Gasteiger charge is 2.33. The third kappa shape index (κ3) is 9.91. The number of aliphatic hydroxyl groups excluding tert-OH is 1. The fraction of sp³-hybridized carbons (Fsp3) is 0.667. The number of ether oxygens (including phenoxy) is 2. The Balaban J connectivity index is 1.60. The lowest BCUT2D eigenvalue weighted by molar-refractivity contribution is -0.00835. The Morgan fingerprint density at radius 2 is 1.87 bits per heavy atom. The zero-order valence-corrected chi connectivity index (χ0v) is 29.2. The van der Waals surface area contributed by atoms with Crippen molar-refractivity contribution in [2.45, 2.75) is 101 Å². The van der Waals surface area contributed by atoms with Crippen LogP contribution >= 0.6 is 0 Å². The first-order chi connectivity index (χ1) is 22.4. The minimum atomic E-state index is -3.87. The first-order valence-electron chi connectivity index (χ1n) is 16.7. The van der Waals surface area contributed by atoms with Crippen molar-refractivity contribution in [3.8, 4) is 5.75 Å². The molecule has 0 spiro atoms. The van der Waals surface area contributed by atoms with Crippen LogP contribution in [0, 0.1) is 5.92 Å². The molecule has 0 saturated heterocycles. The molecular weight excluding hydrogens is 624 g/mol. The summed E-state index contributed by atoms with van der Waals surface area (Å²) in [6.45, 7) is 5.97. The molecule has 2 aliphatic rings. The van der Waals surface area contributed by atoms with Gasteiger partial charge in [0.2, 0.25) is 0 Å². The molecule has 1 aliphatic carbocycles. The summed E-state index contributed by atoms with van der Waals surface area (Å²) in [4.78, 5) is 32.8. The molecule has 1 aliphatic heterocycles. The van der Waals surface area contributed by atoms with E-state index in [1.54, 1.807) is 41.6 Å². The standard InChI is InChI=1S/C33H52N6O7S/c1-23-18-39(24(2)21-40)32(41)28-17-27(36-33(42)35-26-12-7-6-8-13-26)14-15-29(28)46-25(3)11-9-10-16-45-30(23)19-38(5)47(43,44)31-20-37(4)22-34-31/h14-15,17,20,22-26,30,40H,6-13,16,18-19,21H2,1-5H3,(H2,35,36,42)/t23-,24+,25+,30-/m1/s1. The average Bonchev–Trinajstić information content (AvgIpc) is 3.49. The summed E-state index contributed by atoms with van der Waals surface area (Å²) in [5.41, 5.74) is 0.721. The van der Waals surface area contributed by atoms with Gasteiger partial charge < -0.3 is 34.7 Å². The Kier molecular flexibility index (Phi) is 13.1. The van der Waals surface area contributed by atoms with Crippen LogP contribution < -0.4 is 15.4 Å². The fourth-order valence-corrected chi connectivity index (χ4v) is 7.24. The number of likely N-dealkylation sites (N-methyl/N-ethyl adjacent to an activating group) is 1. The minimum Gasteiger partial charge on any atom is -0.490 e. The monoisotopic (exact) mass is 676 g/mol. The molecule has 3 N–H and O–H groups in total. The van der Waals surface area contributed by atoms with E-state index < -0.39 is 22.2 Å². The smallest absolute Gasteiger partial charge is 0.319 e. The molecule has 1 aromatic heterocycles. The number of sulfonamides is 1. The zero-order chi connectivity index (χ0) is 34.1. The quantitative estimate of drug-likeness (QED) is 0.379. The van der Waals surface area contributed by atoms with Gasteiger partial charge in [0.1, 0.15) is 5.75 Å². The molecule has 0 radical (unpaired) electrons. The third-order valence-corrected chi connectivity index (χ3v) is 10.8. The summed E-state index contributed by atoms with van der Waals surface area (Å²) in [6.07, 6.45) is 9.67. The number of aryl methyl sites for hydroxylation is 1. The number of hydrogen-bond acceptors (Lipinski definition) is 8. The highest BCUT2D eigenvalue weighted by Crippen LogP contribution is 2.29. The second-order valence-corrected chi connectivity index (χ2v) is 15.1. The van der Waals surface area contributed by atoms with E-state index in [4.69, 9.17) is 9.47 Å². The second kappa shape index (κ2) is 16.8. The topological polar surface area (TPSA) is 155 Å². The normalized spacial score (nSPS) is 23.0. The SMILES string of the molecule is C[C@@H]1CN([C@@H](C)CO)C(=O)c2cc(NC(=O)NC3CCCCC3)ccc2O[C@@H](C)CCCCO[C@@H]1CN(C)S(=O)(=O)c1cn(C)cn1. The van der Waals surface area contributed by atoms with Crippen molar-refractivity contribution >= 4 is 27.6 Å². The molecule has 1 saturated carbocycles. The van der Waals surface area contributed by atoms with E-state index in [1.165, 1.54) is 30.3 Å². The van der Waals surface area contributed by atoms with Gasteiger partial charge in [-0.05, 0) is 64.2 Å². The van der Waals surface area contributed by atoms with Crippen LogP contribution in [0.4, 0.5) is 10.5 Å². The lowest BCUT2D eigenvalue weighted by atomic mass is 9.96. The van der Waals surface area contributed by atoms with Gasteiger partial charge in [-0.1, -0.05) is 26.2 Å². The number of rotatable bonds is 8. The van der Waals surface area contributed by atoms with Crippen LogP contribution in [0.3, 0.4) is 0 Å². The second-order valence-electron chi connectivity index (χ2n) is 13.1. The van der Waals surface area contributed by atoms with Crippen molar-refractivity contribution in [3.05, 3.63) is 36.3 Å². The highest BCUT2D eigenvalue weighted by atomic mass is 32.2. The molecule has 0 unspecified atom stereocenters. The molecule has 2 aromatic rings. The number of carbonyl (C=O) groups excluding carboxylic acids is 2. The fourth-order valence-electron chi connectivity index (χ4n) is 6.10. The molecule has 0 bridgehead atoms. The number of carbonyl (C=O) groups is 2. The van der Waals surface area contributed by atoms with Crippen molar-refractivity contribution < 1.29 is 32.6 Å². The number of nitrogens with one attached hydrogen (secondary N) is 2. The predicted molar refractivity (Wildman–Crippen MR) is 179 cm³/mol. The molecule has 262 valence electrons. The Morgan fingerprint density at radius 3 is 2.55 bits per heavy atom. The zero-order valence-electron chi connectivity index (χ0n) is 28.4. The van der Waals surface area contributed by atoms with Crippen LogP contribution in [0.15, 0.2) is 35.7 Å². The number of anilines is 1. The van der Waals surface area contributed by atoms with Crippen molar-refractivity contribution in [2.24, 2.45) is 13.0 Å². The first kappa shape index (κ1) is 36.6. The van der Waals surface area contributed by atoms with Gasteiger partial charge in [0.15, 0.2) is 5.03 Å². The molecule has 4 atom stereocenters. The van der Waals surface area contributed by atoms with Gasteiger partial charge in [-0.25, -0.2) is 18.2 Å². The summed E-state index contributed by atoms with van der Waals surface area (Å²) >= 11 is 0. The van der Waals surface area contributed by atoms with Crippen LogP contribution in [-0.4, -0.2) is 102 Å². The van der Waals surface area contributed by atoms with Crippen LogP contribution in [0.5, 0.6) is 5.75 Å². The number of hydrogen-bond donors (Lipinski definition) is 3. The summed E-state index contributed by atoms with van der Waals surface area (Å²) in [7, 11) is -0.669. The Bertz CT molecular complexity index is 1440. The van der Waals surface area contributed by atoms with Crippen molar-refractivity contribution in [2.75, 3.05) is 38.7 Å². The molecule has 14 heteroatoms. The summed E-state index contributed by atoms with van der Waals surface area (Å²) < 4.78 is 42.0. The van der Waals surface area contributed by atoms with Crippen LogP contribution in [0.2, 0.25) is 0 Å². The Hall–Kier alpha value is -3.20. The van der Waals surface area contributed by atoms with E-state index in [-0.39, 0.29) is 60.3 Å². The van der Waals surface area contributed by atoms with Gasteiger partial charge in [0.25, 0.3) is 15.9 Å². The van der Waals surface area contributed by atoms with Gasteiger partial charge >= 0.3 is 6.03 Å². The van der Waals surface area contributed by atoms with E-state index in [2.05, 4.69) is 15.6 Å². The van der Waals surface area contributed by atoms with E-state index in [1.807, 2.05) is 13.8 Å². The number of urea groups is 1. The van der Waals surface area contributed by atoms with Gasteiger partial charge in [0.05, 0.1) is 36.7 Å².